The molecule has 3 N–H and O–H groups in total. The summed E-state index contributed by atoms with van der Waals surface area (Å²) >= 11 is 0.464. The van der Waals surface area contributed by atoms with Crippen molar-refractivity contribution in [2.45, 2.75) is 56.9 Å². The van der Waals surface area contributed by atoms with Crippen LogP contribution in [0.3, 0.4) is 0 Å². The lowest BCUT2D eigenvalue weighted by molar-refractivity contribution is -0.120. The van der Waals surface area contributed by atoms with Crippen molar-refractivity contribution < 1.29 is 27.3 Å². The second-order valence-electron chi connectivity index (χ2n) is 7.01. The zero-order valence-corrected chi connectivity index (χ0v) is 16.8. The molecule has 0 aliphatic heterocycles. The van der Waals surface area contributed by atoms with Crippen LogP contribution in [0.2, 0.25) is 0 Å². The number of amides is 2. The van der Waals surface area contributed by atoms with Crippen LogP contribution < -0.4 is 10.5 Å². The van der Waals surface area contributed by atoms with E-state index in [1.165, 1.54) is 0 Å². The molecule has 0 aliphatic rings. The van der Waals surface area contributed by atoms with E-state index >= 15 is 0 Å². The highest BCUT2D eigenvalue weighted by Crippen LogP contribution is 2.25. The molecule has 2 atom stereocenters. The molecule has 0 aromatic carbocycles. The van der Waals surface area contributed by atoms with Gasteiger partial charge in [0.25, 0.3) is 5.91 Å². The monoisotopic (exact) mass is 411 g/mol. The van der Waals surface area contributed by atoms with E-state index in [1.54, 1.807) is 34.6 Å². The number of carbonyl (C=O) groups excluding carboxylic acids is 2. The van der Waals surface area contributed by atoms with Gasteiger partial charge in [-0.05, 0) is 33.1 Å². The molecule has 0 saturated carbocycles. The second-order valence-corrected chi connectivity index (χ2v) is 9.88. The highest BCUT2D eigenvalue weighted by Gasteiger charge is 2.28. The summed E-state index contributed by atoms with van der Waals surface area (Å²) in [4.78, 5) is 24.3. The van der Waals surface area contributed by atoms with Crippen LogP contribution in [0.5, 0.6) is 0 Å². The number of thiophene rings is 1. The van der Waals surface area contributed by atoms with Gasteiger partial charge in [-0.2, -0.15) is 0 Å². The molecule has 0 fully saturated rings. The molecule has 0 aliphatic carbocycles. The summed E-state index contributed by atoms with van der Waals surface area (Å²) in [6, 6.07) is -1.16. The normalized spacial score (nSPS) is 15.3. The first-order valence-corrected chi connectivity index (χ1v) is 10.2. The van der Waals surface area contributed by atoms with Gasteiger partial charge >= 0.3 is 6.09 Å². The first kappa shape index (κ1) is 22.5. The molecule has 1 heterocycles. The van der Waals surface area contributed by atoms with Gasteiger partial charge < -0.3 is 10.1 Å². The maximum Gasteiger partial charge on any atom is 0.408 e. The van der Waals surface area contributed by atoms with Crippen LogP contribution >= 0.6 is 11.3 Å². The van der Waals surface area contributed by atoms with Gasteiger partial charge in [-0.15, -0.1) is 15.7 Å². The van der Waals surface area contributed by atoms with E-state index in [9.17, 15) is 22.6 Å². The smallest absolute Gasteiger partial charge is 0.408 e. The second kappa shape index (κ2) is 8.40. The number of nitrogens with two attached hydrogens (primary N) is 1. The Bertz CT molecular complexity index is 793. The molecule has 7 nitrogen and oxygen atoms in total. The van der Waals surface area contributed by atoms with Crippen LogP contribution in [0.15, 0.2) is 14.0 Å². The summed E-state index contributed by atoms with van der Waals surface area (Å²) < 4.78 is 46.9. The van der Waals surface area contributed by atoms with E-state index < -0.39 is 49.4 Å². The first-order valence-electron chi connectivity index (χ1n) is 7.73. The van der Waals surface area contributed by atoms with Crippen molar-refractivity contribution in [1.29, 1.82) is 0 Å². The number of carbonyl (C=O) groups is 2. The van der Waals surface area contributed by atoms with Crippen molar-refractivity contribution in [3.05, 3.63) is 17.0 Å². The number of ether oxygens (including phenoxy) is 1. The molecule has 1 rings (SSSR count). The predicted molar refractivity (Wildman–Crippen MR) is 94.9 cm³/mol. The molecule has 0 saturated heterocycles. The number of hydrogen-bond acceptors (Lipinski definition) is 5. The average molecular weight is 411 g/mol. The Kier molecular flexibility index (Phi) is 7.25. The molecule has 1 aromatic heterocycles. The Morgan fingerprint density at radius 1 is 1.38 bits per heavy atom. The number of hydrogen-bond donors (Lipinski definition) is 2. The molecule has 26 heavy (non-hydrogen) atoms. The fraction of sp³-hybridized carbons (Fsp3) is 0.600. The SMILES string of the molecule is CC(C)C[C@H](NC(=O)OC(C)(C)C)C(=O)N=S(N)(=O)c1scc(F)c1F. The van der Waals surface area contributed by atoms with Crippen molar-refractivity contribution in [2.24, 2.45) is 15.4 Å². The average Bonchev–Trinajstić information content (AvgIpc) is 2.75. The zero-order chi connectivity index (χ0) is 20.3. The molecular weight excluding hydrogens is 388 g/mol. The number of alkyl carbamates (subject to hydrolysis) is 1. The minimum absolute atomic E-state index is 0.0289. The molecule has 2 amide bonds. The molecule has 0 radical (unpaired) electrons. The summed E-state index contributed by atoms with van der Waals surface area (Å²) in [7, 11) is -3.98. The van der Waals surface area contributed by atoms with Gasteiger partial charge in [0.1, 0.15) is 11.6 Å². The lowest BCUT2D eigenvalue weighted by Gasteiger charge is -2.23. The van der Waals surface area contributed by atoms with Crippen LogP contribution in [0.4, 0.5) is 13.6 Å². The zero-order valence-electron chi connectivity index (χ0n) is 15.2. The highest BCUT2D eigenvalue weighted by molar-refractivity contribution is 7.93. The highest BCUT2D eigenvalue weighted by atomic mass is 32.2. The van der Waals surface area contributed by atoms with Gasteiger partial charge in [-0.25, -0.2) is 22.9 Å². The molecule has 0 spiro atoms. The van der Waals surface area contributed by atoms with E-state index in [0.29, 0.717) is 11.3 Å². The number of rotatable bonds is 5. The van der Waals surface area contributed by atoms with Crippen molar-refractivity contribution in [3.63, 3.8) is 0 Å². The lowest BCUT2D eigenvalue weighted by atomic mass is 10.0. The maximum atomic E-state index is 13.6. The first-order chi connectivity index (χ1) is 11.7. The molecule has 0 bridgehead atoms. The van der Waals surface area contributed by atoms with Crippen LogP contribution in [0.25, 0.3) is 0 Å². The molecule has 1 unspecified atom stereocenters. The topological polar surface area (TPSA) is 111 Å². The van der Waals surface area contributed by atoms with Crippen molar-refractivity contribution in [1.82, 2.24) is 5.32 Å². The number of halogens is 2. The third-order valence-corrected chi connectivity index (χ3v) is 5.73. The lowest BCUT2D eigenvalue weighted by Crippen LogP contribution is -2.44. The molecular formula is C15H23F2N3O4S2. The summed E-state index contributed by atoms with van der Waals surface area (Å²) in [5.41, 5.74) is -0.786. The standard InChI is InChI=1S/C15H23F2N3O4S2/c1-8(2)6-10(19-14(22)24-15(3,4)5)12(21)20-26(18,23)13-11(17)9(16)7-25-13/h7-8,10H,6H2,1-5H3,(H,19,22)(H2,18,20,21,23)/t10-,26?/m0/s1. The van der Waals surface area contributed by atoms with E-state index in [-0.39, 0.29) is 12.3 Å². The third kappa shape index (κ3) is 6.61. The van der Waals surface area contributed by atoms with E-state index in [1.807, 2.05) is 0 Å². The van der Waals surface area contributed by atoms with Gasteiger partial charge in [-0.1, -0.05) is 13.8 Å². The summed E-state index contributed by atoms with van der Waals surface area (Å²) in [6.45, 7) is 8.54. The Morgan fingerprint density at radius 2 is 1.96 bits per heavy atom. The van der Waals surface area contributed by atoms with Gasteiger partial charge in [0, 0.05) is 5.38 Å². The van der Waals surface area contributed by atoms with E-state index in [4.69, 9.17) is 9.88 Å². The third-order valence-electron chi connectivity index (χ3n) is 2.85. The maximum absolute atomic E-state index is 13.6. The fourth-order valence-corrected chi connectivity index (χ4v) is 4.04. The minimum atomic E-state index is -3.98. The van der Waals surface area contributed by atoms with Crippen LogP contribution in [0, 0.1) is 17.6 Å². The van der Waals surface area contributed by atoms with Gasteiger partial charge in [-0.3, -0.25) is 4.79 Å². The number of nitrogens with one attached hydrogen (secondary N) is 1. The molecule has 148 valence electrons. The number of nitrogens with zero attached hydrogens (tertiary/aromatic N) is 1. The molecule has 11 heteroatoms. The van der Waals surface area contributed by atoms with Crippen molar-refractivity contribution in [3.8, 4) is 0 Å². The van der Waals surface area contributed by atoms with Gasteiger partial charge in [0.2, 0.25) is 0 Å². The quantitative estimate of drug-likeness (QED) is 0.775. The Labute approximate surface area is 155 Å². The minimum Gasteiger partial charge on any atom is -0.444 e. The predicted octanol–water partition coefficient (Wildman–Crippen LogP) is 3.19. The van der Waals surface area contributed by atoms with Crippen molar-refractivity contribution in [2.75, 3.05) is 0 Å². The van der Waals surface area contributed by atoms with Crippen LogP contribution in [0.1, 0.15) is 41.0 Å². The van der Waals surface area contributed by atoms with E-state index in [2.05, 4.69) is 9.68 Å². The Hall–Kier alpha value is -1.59. The summed E-state index contributed by atoms with van der Waals surface area (Å²) in [5.74, 6) is -3.67. The largest absolute Gasteiger partial charge is 0.444 e. The Morgan fingerprint density at radius 3 is 2.38 bits per heavy atom. The van der Waals surface area contributed by atoms with Crippen molar-refractivity contribution >= 4 is 33.3 Å². The Balaban J connectivity index is 3.10. The van der Waals surface area contributed by atoms with E-state index in [0.717, 1.165) is 5.38 Å². The fourth-order valence-electron chi connectivity index (χ4n) is 1.88. The van der Waals surface area contributed by atoms with Gasteiger partial charge in [0.05, 0.1) is 0 Å². The summed E-state index contributed by atoms with van der Waals surface area (Å²) in [5, 5.41) is 8.58. The van der Waals surface area contributed by atoms with Crippen LogP contribution in [-0.2, 0) is 19.4 Å². The summed E-state index contributed by atoms with van der Waals surface area (Å²) in [6.07, 6.45) is -0.693. The molecule has 1 aromatic rings. The van der Waals surface area contributed by atoms with Gasteiger partial charge in [0.15, 0.2) is 25.8 Å². The van der Waals surface area contributed by atoms with Crippen LogP contribution in [-0.4, -0.2) is 27.9 Å².